The van der Waals surface area contributed by atoms with Crippen molar-refractivity contribution in [2.45, 2.75) is 38.7 Å². The second-order valence-electron chi connectivity index (χ2n) is 5.69. The summed E-state index contributed by atoms with van der Waals surface area (Å²) in [4.78, 5) is 22.5. The van der Waals surface area contributed by atoms with Gasteiger partial charge in [0.25, 0.3) is 0 Å². The van der Waals surface area contributed by atoms with Crippen LogP contribution >= 0.6 is 0 Å². The Kier molecular flexibility index (Phi) is 4.85. The van der Waals surface area contributed by atoms with E-state index in [1.165, 1.54) is 0 Å². The van der Waals surface area contributed by atoms with E-state index in [2.05, 4.69) is 32.0 Å². The van der Waals surface area contributed by atoms with Gasteiger partial charge in [-0.15, -0.1) is 0 Å². The maximum Gasteiger partial charge on any atom is 0.359 e. The van der Waals surface area contributed by atoms with Gasteiger partial charge >= 0.3 is 5.97 Å². The van der Waals surface area contributed by atoms with Crippen LogP contribution in [0, 0.1) is 0 Å². The molecular formula is C16H21N5O2. The minimum atomic E-state index is -0.343. The number of aryl methyl sites for hydroxylation is 1. The van der Waals surface area contributed by atoms with E-state index in [1.807, 2.05) is 6.07 Å². The molecule has 7 heteroatoms. The minimum absolute atomic E-state index is 0.0630. The van der Waals surface area contributed by atoms with Gasteiger partial charge in [-0.2, -0.15) is 5.10 Å². The van der Waals surface area contributed by atoms with E-state index >= 15 is 0 Å². The molecule has 0 spiro atoms. The molecule has 3 heterocycles. The summed E-state index contributed by atoms with van der Waals surface area (Å²) < 4.78 is 5.57. The van der Waals surface area contributed by atoms with Crippen LogP contribution in [0.25, 0.3) is 0 Å². The van der Waals surface area contributed by atoms with Crippen molar-refractivity contribution >= 4 is 11.8 Å². The maximum atomic E-state index is 12.1. The van der Waals surface area contributed by atoms with E-state index < -0.39 is 0 Å². The van der Waals surface area contributed by atoms with Crippen molar-refractivity contribution in [3.05, 3.63) is 36.0 Å². The molecule has 1 aliphatic heterocycles. The molecule has 1 aliphatic rings. The van der Waals surface area contributed by atoms with Gasteiger partial charge in [0, 0.05) is 37.8 Å². The molecule has 0 bridgehead atoms. The van der Waals surface area contributed by atoms with Crippen molar-refractivity contribution in [2.24, 2.45) is 0 Å². The summed E-state index contributed by atoms with van der Waals surface area (Å²) in [6, 6.07) is 3.67. The lowest BCUT2D eigenvalue weighted by Crippen LogP contribution is -2.38. The Morgan fingerprint density at radius 3 is 2.96 bits per heavy atom. The number of carbonyl (C=O) groups excluding carboxylic acids is 1. The minimum Gasteiger partial charge on any atom is -0.457 e. The molecule has 1 N–H and O–H groups in total. The van der Waals surface area contributed by atoms with Crippen molar-refractivity contribution < 1.29 is 9.53 Å². The second kappa shape index (κ2) is 7.21. The average Bonchev–Trinajstić information content (AvgIpc) is 3.06. The number of rotatable bonds is 5. The number of hydrogen-bond acceptors (Lipinski definition) is 6. The monoisotopic (exact) mass is 315 g/mol. The van der Waals surface area contributed by atoms with Crippen molar-refractivity contribution in [1.82, 2.24) is 20.2 Å². The maximum absolute atomic E-state index is 12.1. The number of piperidine rings is 1. The Bertz CT molecular complexity index is 635. The summed E-state index contributed by atoms with van der Waals surface area (Å²) in [5.41, 5.74) is 1.34. The number of aromatic amines is 1. The Morgan fingerprint density at radius 1 is 1.43 bits per heavy atom. The van der Waals surface area contributed by atoms with Crippen molar-refractivity contribution in [3.8, 4) is 0 Å². The van der Waals surface area contributed by atoms with Crippen LogP contribution in [0.1, 0.15) is 42.4 Å². The third-order valence-corrected chi connectivity index (χ3v) is 3.97. The predicted molar refractivity (Wildman–Crippen MR) is 85.3 cm³/mol. The molecule has 122 valence electrons. The Labute approximate surface area is 135 Å². The zero-order valence-electron chi connectivity index (χ0n) is 13.2. The highest BCUT2D eigenvalue weighted by Crippen LogP contribution is 2.19. The summed E-state index contributed by atoms with van der Waals surface area (Å²) in [6.07, 6.45) is 6.71. The summed E-state index contributed by atoms with van der Waals surface area (Å²) in [7, 11) is 0. The van der Waals surface area contributed by atoms with E-state index in [-0.39, 0.29) is 12.1 Å². The van der Waals surface area contributed by atoms with Crippen molar-refractivity contribution in [2.75, 3.05) is 18.0 Å². The van der Waals surface area contributed by atoms with E-state index in [4.69, 9.17) is 4.74 Å². The first-order valence-electron chi connectivity index (χ1n) is 8.02. The SMILES string of the molecule is CCCc1cc(C(=O)OC2CCN(c3ccncn3)CC2)n[nH]1. The largest absolute Gasteiger partial charge is 0.457 e. The summed E-state index contributed by atoms with van der Waals surface area (Å²) in [5.74, 6) is 0.574. The van der Waals surface area contributed by atoms with Gasteiger partial charge in [-0.1, -0.05) is 13.3 Å². The van der Waals surface area contributed by atoms with E-state index in [9.17, 15) is 4.79 Å². The standard InChI is InChI=1S/C16H21N5O2/c1-2-3-12-10-14(20-19-12)16(22)23-13-5-8-21(9-6-13)15-4-7-17-11-18-15/h4,7,10-11,13H,2-3,5-6,8-9H2,1H3,(H,19,20). The van der Waals surface area contributed by atoms with Crippen LogP contribution in [-0.2, 0) is 11.2 Å². The van der Waals surface area contributed by atoms with Gasteiger partial charge in [0.05, 0.1) is 0 Å². The third kappa shape index (κ3) is 3.85. The first kappa shape index (κ1) is 15.5. The molecule has 0 amide bonds. The first-order valence-corrected chi connectivity index (χ1v) is 8.02. The Hall–Kier alpha value is -2.44. The highest BCUT2D eigenvalue weighted by Gasteiger charge is 2.24. The number of H-pyrrole nitrogens is 1. The number of aromatic nitrogens is 4. The number of anilines is 1. The van der Waals surface area contributed by atoms with Crippen LogP contribution in [0.4, 0.5) is 5.82 Å². The molecule has 1 fully saturated rings. The lowest BCUT2D eigenvalue weighted by atomic mass is 10.1. The molecule has 0 aromatic carbocycles. The van der Waals surface area contributed by atoms with Gasteiger partial charge in [0.2, 0.25) is 0 Å². The topological polar surface area (TPSA) is 84.0 Å². The highest BCUT2D eigenvalue weighted by molar-refractivity contribution is 5.87. The molecule has 2 aromatic rings. The van der Waals surface area contributed by atoms with Crippen LogP contribution in [0.3, 0.4) is 0 Å². The average molecular weight is 315 g/mol. The lowest BCUT2D eigenvalue weighted by Gasteiger charge is -2.32. The molecular weight excluding hydrogens is 294 g/mol. The quantitative estimate of drug-likeness (QED) is 0.849. The van der Waals surface area contributed by atoms with E-state index in [0.717, 1.165) is 50.3 Å². The van der Waals surface area contributed by atoms with Crippen LogP contribution < -0.4 is 4.90 Å². The molecule has 1 saturated heterocycles. The second-order valence-corrected chi connectivity index (χ2v) is 5.69. The number of nitrogens with zero attached hydrogens (tertiary/aromatic N) is 4. The molecule has 0 atom stereocenters. The fourth-order valence-corrected chi connectivity index (χ4v) is 2.75. The Morgan fingerprint density at radius 2 is 2.26 bits per heavy atom. The normalized spacial score (nSPS) is 15.6. The summed E-state index contributed by atoms with van der Waals surface area (Å²) in [6.45, 7) is 3.72. The van der Waals surface area contributed by atoms with Gasteiger partial charge in [-0.25, -0.2) is 14.8 Å². The number of esters is 1. The number of ether oxygens (including phenoxy) is 1. The van der Waals surface area contributed by atoms with Gasteiger partial charge in [0.15, 0.2) is 5.69 Å². The summed E-state index contributed by atoms with van der Waals surface area (Å²) in [5, 5.41) is 6.92. The van der Waals surface area contributed by atoms with Gasteiger partial charge in [0.1, 0.15) is 18.2 Å². The molecule has 23 heavy (non-hydrogen) atoms. The highest BCUT2D eigenvalue weighted by atomic mass is 16.5. The van der Waals surface area contributed by atoms with Gasteiger partial charge < -0.3 is 9.64 Å². The molecule has 0 radical (unpaired) electrons. The zero-order chi connectivity index (χ0) is 16.1. The fourth-order valence-electron chi connectivity index (χ4n) is 2.75. The number of nitrogens with one attached hydrogen (secondary N) is 1. The zero-order valence-corrected chi connectivity index (χ0v) is 13.2. The molecule has 3 rings (SSSR count). The number of hydrogen-bond donors (Lipinski definition) is 1. The van der Waals surface area contributed by atoms with E-state index in [1.54, 1.807) is 18.6 Å². The van der Waals surface area contributed by atoms with Crippen LogP contribution in [-0.4, -0.2) is 45.3 Å². The van der Waals surface area contributed by atoms with Crippen LogP contribution in [0.15, 0.2) is 24.7 Å². The Balaban J connectivity index is 1.51. The van der Waals surface area contributed by atoms with Gasteiger partial charge in [-0.3, -0.25) is 5.10 Å². The third-order valence-electron chi connectivity index (χ3n) is 3.97. The van der Waals surface area contributed by atoms with Crippen molar-refractivity contribution in [3.63, 3.8) is 0 Å². The van der Waals surface area contributed by atoms with Crippen LogP contribution in [0.2, 0.25) is 0 Å². The predicted octanol–water partition coefficient (Wildman–Crippen LogP) is 1.98. The first-order chi connectivity index (χ1) is 11.3. The number of carbonyl (C=O) groups is 1. The molecule has 0 aliphatic carbocycles. The van der Waals surface area contributed by atoms with Crippen LogP contribution in [0.5, 0.6) is 0 Å². The lowest BCUT2D eigenvalue weighted by molar-refractivity contribution is 0.0238. The molecule has 0 saturated carbocycles. The van der Waals surface area contributed by atoms with E-state index in [0.29, 0.717) is 5.69 Å². The fraction of sp³-hybridized carbons (Fsp3) is 0.500. The smallest absolute Gasteiger partial charge is 0.359 e. The molecule has 0 unspecified atom stereocenters. The van der Waals surface area contributed by atoms with Gasteiger partial charge in [-0.05, 0) is 18.6 Å². The van der Waals surface area contributed by atoms with Crippen molar-refractivity contribution in [1.29, 1.82) is 0 Å². The summed E-state index contributed by atoms with van der Waals surface area (Å²) >= 11 is 0. The molecule has 2 aromatic heterocycles. The molecule has 7 nitrogen and oxygen atoms in total.